The van der Waals surface area contributed by atoms with Gasteiger partial charge < -0.3 is 20.4 Å². The maximum absolute atomic E-state index is 10.6. The van der Waals surface area contributed by atoms with Gasteiger partial charge in [0.25, 0.3) is 0 Å². The van der Waals surface area contributed by atoms with E-state index in [1.165, 1.54) is 0 Å². The molecule has 0 saturated heterocycles. The molecule has 122 valence electrons. The van der Waals surface area contributed by atoms with Crippen molar-refractivity contribution in [2.45, 2.75) is 73.0 Å². The van der Waals surface area contributed by atoms with Crippen LogP contribution in [0.25, 0.3) is 0 Å². The van der Waals surface area contributed by atoms with Gasteiger partial charge in [-0.1, -0.05) is 54.4 Å². The molecule has 0 aromatic rings. The van der Waals surface area contributed by atoms with E-state index in [9.17, 15) is 20.4 Å². The molecule has 4 heteroatoms. The lowest BCUT2D eigenvalue weighted by atomic mass is 9.61. The predicted molar refractivity (Wildman–Crippen MR) is 81.4 cm³/mol. The highest BCUT2D eigenvalue weighted by atomic mass is 16.3. The van der Waals surface area contributed by atoms with Crippen molar-refractivity contribution in [3.63, 3.8) is 0 Å². The molecule has 0 bridgehead atoms. The SMILES string of the molecule is CCCCC(C)(CO)C(O)C(O)C(C)(CO)C(C)(C)C. The fourth-order valence-corrected chi connectivity index (χ4v) is 2.40. The van der Waals surface area contributed by atoms with Crippen LogP contribution < -0.4 is 0 Å². The van der Waals surface area contributed by atoms with Crippen molar-refractivity contribution in [2.24, 2.45) is 16.2 Å². The summed E-state index contributed by atoms with van der Waals surface area (Å²) in [6.07, 6.45) is 0.322. The Bertz CT molecular complexity index is 287. The first-order chi connectivity index (χ1) is 9.00. The van der Waals surface area contributed by atoms with Gasteiger partial charge in [0.15, 0.2) is 0 Å². The molecule has 0 spiro atoms. The summed E-state index contributed by atoms with van der Waals surface area (Å²) in [6, 6.07) is 0. The van der Waals surface area contributed by atoms with Crippen LogP contribution in [0.15, 0.2) is 0 Å². The lowest BCUT2D eigenvalue weighted by Crippen LogP contribution is -2.56. The number of rotatable bonds is 8. The number of aliphatic hydroxyl groups is 4. The highest BCUT2D eigenvalue weighted by Gasteiger charge is 2.50. The maximum atomic E-state index is 10.6. The molecule has 0 aromatic carbocycles. The largest absolute Gasteiger partial charge is 0.396 e. The zero-order valence-corrected chi connectivity index (χ0v) is 14.0. The summed E-state index contributed by atoms with van der Waals surface area (Å²) in [4.78, 5) is 0. The van der Waals surface area contributed by atoms with Crippen LogP contribution >= 0.6 is 0 Å². The minimum absolute atomic E-state index is 0.184. The van der Waals surface area contributed by atoms with Crippen molar-refractivity contribution in [3.8, 4) is 0 Å². The highest BCUT2D eigenvalue weighted by Crippen LogP contribution is 2.45. The molecule has 0 radical (unpaired) electrons. The minimum atomic E-state index is -1.10. The number of unbranched alkanes of at least 4 members (excludes halogenated alkanes) is 1. The first kappa shape index (κ1) is 19.8. The van der Waals surface area contributed by atoms with E-state index in [0.717, 1.165) is 12.8 Å². The topological polar surface area (TPSA) is 80.9 Å². The quantitative estimate of drug-likeness (QED) is 0.551. The van der Waals surface area contributed by atoms with Gasteiger partial charge in [0, 0.05) is 10.8 Å². The summed E-state index contributed by atoms with van der Waals surface area (Å²) in [5.74, 6) is 0. The van der Waals surface area contributed by atoms with Crippen LogP contribution in [0.2, 0.25) is 0 Å². The predicted octanol–water partition coefficient (Wildman–Crippen LogP) is 1.94. The Morgan fingerprint density at radius 1 is 0.850 bits per heavy atom. The van der Waals surface area contributed by atoms with Crippen molar-refractivity contribution in [1.29, 1.82) is 0 Å². The van der Waals surface area contributed by atoms with Crippen LogP contribution in [-0.2, 0) is 0 Å². The smallest absolute Gasteiger partial charge is 0.0885 e. The van der Waals surface area contributed by atoms with Crippen molar-refractivity contribution in [1.82, 2.24) is 0 Å². The summed E-state index contributed by atoms with van der Waals surface area (Å²) in [7, 11) is 0. The minimum Gasteiger partial charge on any atom is -0.396 e. The molecule has 0 saturated carbocycles. The molecular weight excluding hydrogens is 256 g/mol. The van der Waals surface area contributed by atoms with Crippen molar-refractivity contribution < 1.29 is 20.4 Å². The Kier molecular flexibility index (Phi) is 7.15. The number of hydrogen-bond acceptors (Lipinski definition) is 4. The van der Waals surface area contributed by atoms with Crippen LogP contribution in [0.1, 0.15) is 60.8 Å². The van der Waals surface area contributed by atoms with E-state index in [0.29, 0.717) is 6.42 Å². The van der Waals surface area contributed by atoms with Crippen molar-refractivity contribution in [2.75, 3.05) is 13.2 Å². The van der Waals surface area contributed by atoms with E-state index in [-0.39, 0.29) is 18.6 Å². The average Bonchev–Trinajstić information content (AvgIpc) is 2.40. The Balaban J connectivity index is 5.28. The Morgan fingerprint density at radius 3 is 1.65 bits per heavy atom. The molecule has 0 fully saturated rings. The molecule has 0 aliphatic heterocycles. The summed E-state index contributed by atoms with van der Waals surface area (Å²) in [6.45, 7) is 11.0. The molecule has 0 aromatic heterocycles. The van der Waals surface area contributed by atoms with Gasteiger partial charge >= 0.3 is 0 Å². The molecular formula is C16H34O4. The van der Waals surface area contributed by atoms with Gasteiger partial charge in [-0.25, -0.2) is 0 Å². The van der Waals surface area contributed by atoms with Crippen molar-refractivity contribution >= 4 is 0 Å². The Labute approximate surface area is 123 Å². The fourth-order valence-electron chi connectivity index (χ4n) is 2.40. The van der Waals surface area contributed by atoms with Crippen LogP contribution in [-0.4, -0.2) is 45.8 Å². The Hall–Kier alpha value is -0.160. The molecule has 4 unspecified atom stereocenters. The van der Waals surface area contributed by atoms with E-state index in [1.54, 1.807) is 13.8 Å². The van der Waals surface area contributed by atoms with Crippen LogP contribution in [0.3, 0.4) is 0 Å². The van der Waals surface area contributed by atoms with Crippen LogP contribution in [0.5, 0.6) is 0 Å². The zero-order valence-electron chi connectivity index (χ0n) is 14.0. The number of aliphatic hydroxyl groups excluding tert-OH is 4. The van der Waals surface area contributed by atoms with Gasteiger partial charge in [-0.15, -0.1) is 0 Å². The lowest BCUT2D eigenvalue weighted by molar-refractivity contribution is -0.166. The maximum Gasteiger partial charge on any atom is 0.0885 e. The molecule has 0 aliphatic carbocycles. The Morgan fingerprint density at radius 2 is 1.35 bits per heavy atom. The van der Waals surface area contributed by atoms with E-state index < -0.39 is 23.0 Å². The highest BCUT2D eigenvalue weighted by molar-refractivity contribution is 4.99. The second kappa shape index (κ2) is 7.21. The van der Waals surface area contributed by atoms with E-state index >= 15 is 0 Å². The monoisotopic (exact) mass is 290 g/mol. The van der Waals surface area contributed by atoms with Gasteiger partial charge in [0.05, 0.1) is 25.4 Å². The summed E-state index contributed by atoms with van der Waals surface area (Å²) < 4.78 is 0. The second-order valence-electron chi connectivity index (χ2n) is 7.63. The van der Waals surface area contributed by atoms with Gasteiger partial charge in [-0.3, -0.25) is 0 Å². The molecule has 4 nitrogen and oxygen atoms in total. The van der Waals surface area contributed by atoms with Gasteiger partial charge in [0.1, 0.15) is 0 Å². The number of hydrogen-bond donors (Lipinski definition) is 4. The summed E-state index contributed by atoms with van der Waals surface area (Å²) >= 11 is 0. The molecule has 4 N–H and O–H groups in total. The molecule has 0 rings (SSSR count). The average molecular weight is 290 g/mol. The van der Waals surface area contributed by atoms with Crippen LogP contribution in [0, 0.1) is 16.2 Å². The molecule has 0 heterocycles. The van der Waals surface area contributed by atoms with Gasteiger partial charge in [0.2, 0.25) is 0 Å². The second-order valence-corrected chi connectivity index (χ2v) is 7.63. The summed E-state index contributed by atoms with van der Waals surface area (Å²) in [5, 5.41) is 40.5. The van der Waals surface area contributed by atoms with E-state index in [1.807, 2.05) is 27.7 Å². The lowest BCUT2D eigenvalue weighted by Gasteiger charge is -2.49. The normalized spacial score (nSPS) is 21.9. The third-order valence-corrected chi connectivity index (χ3v) is 5.17. The molecule has 0 amide bonds. The van der Waals surface area contributed by atoms with Crippen LogP contribution in [0.4, 0.5) is 0 Å². The standard InChI is InChI=1S/C16H34O4/c1-7-8-9-15(5,10-17)12(19)13(20)16(6,11-18)14(2,3)4/h12-13,17-20H,7-11H2,1-6H3. The van der Waals surface area contributed by atoms with Gasteiger partial charge in [-0.2, -0.15) is 0 Å². The third-order valence-electron chi connectivity index (χ3n) is 5.17. The third kappa shape index (κ3) is 3.94. The van der Waals surface area contributed by atoms with Gasteiger partial charge in [-0.05, 0) is 11.8 Å². The molecule has 4 atom stereocenters. The van der Waals surface area contributed by atoms with Crippen molar-refractivity contribution in [3.05, 3.63) is 0 Å². The fraction of sp³-hybridized carbons (Fsp3) is 1.00. The zero-order chi connectivity index (χ0) is 16.2. The summed E-state index contributed by atoms with van der Waals surface area (Å²) in [5.41, 5.74) is -1.96. The first-order valence-corrected chi connectivity index (χ1v) is 7.58. The van der Waals surface area contributed by atoms with E-state index in [4.69, 9.17) is 0 Å². The molecule has 0 aliphatic rings. The van der Waals surface area contributed by atoms with E-state index in [2.05, 4.69) is 0 Å². The first-order valence-electron chi connectivity index (χ1n) is 7.58. The molecule has 20 heavy (non-hydrogen) atoms.